The monoisotopic (exact) mass is 421 g/mol. The summed E-state index contributed by atoms with van der Waals surface area (Å²) in [6.07, 6.45) is 3.19. The molecule has 2 amide bonds. The highest BCUT2D eigenvalue weighted by atomic mass is 35.5. The van der Waals surface area contributed by atoms with E-state index in [2.05, 4.69) is 11.0 Å². The van der Waals surface area contributed by atoms with Crippen LogP contribution in [0.25, 0.3) is 0 Å². The quantitative estimate of drug-likeness (QED) is 0.760. The summed E-state index contributed by atoms with van der Waals surface area (Å²) in [4.78, 5) is 32.9. The second-order valence-corrected chi connectivity index (χ2v) is 9.17. The molecule has 0 radical (unpaired) electrons. The lowest BCUT2D eigenvalue weighted by molar-refractivity contribution is -0.138. The summed E-state index contributed by atoms with van der Waals surface area (Å²) in [6.45, 7) is 5.24. The maximum atomic E-state index is 13.0. The van der Waals surface area contributed by atoms with Crippen molar-refractivity contribution in [3.8, 4) is 0 Å². The molecule has 2 fully saturated rings. The zero-order chi connectivity index (χ0) is 19.5. The van der Waals surface area contributed by atoms with Crippen LogP contribution >= 0.6 is 22.9 Å². The predicted octanol–water partition coefficient (Wildman–Crippen LogP) is 3.19. The van der Waals surface area contributed by atoms with Gasteiger partial charge in [0.15, 0.2) is 5.76 Å². The second kappa shape index (κ2) is 8.68. The van der Waals surface area contributed by atoms with Gasteiger partial charge in [0, 0.05) is 50.7 Å². The molecule has 28 heavy (non-hydrogen) atoms. The smallest absolute Gasteiger partial charge is 0.289 e. The van der Waals surface area contributed by atoms with Gasteiger partial charge >= 0.3 is 0 Å². The van der Waals surface area contributed by atoms with E-state index < -0.39 is 0 Å². The topological polar surface area (TPSA) is 57.0 Å². The van der Waals surface area contributed by atoms with Gasteiger partial charge in [0.05, 0.1) is 16.5 Å². The highest BCUT2D eigenvalue weighted by Crippen LogP contribution is 2.24. The third kappa shape index (κ3) is 4.42. The number of nitrogens with zero attached hydrogens (tertiary/aromatic N) is 3. The van der Waals surface area contributed by atoms with Crippen molar-refractivity contribution in [2.24, 2.45) is 5.92 Å². The molecule has 1 atom stereocenters. The molecule has 4 rings (SSSR count). The van der Waals surface area contributed by atoms with Gasteiger partial charge in [-0.2, -0.15) is 0 Å². The van der Waals surface area contributed by atoms with E-state index in [-0.39, 0.29) is 17.7 Å². The molecule has 1 unspecified atom stereocenters. The molecule has 8 heteroatoms. The Balaban J connectivity index is 1.29. The van der Waals surface area contributed by atoms with Crippen molar-refractivity contribution in [1.29, 1.82) is 0 Å². The van der Waals surface area contributed by atoms with Crippen LogP contribution in [0.4, 0.5) is 0 Å². The SMILES string of the molecule is O=C(c1ccco1)N1CCCC(C(=O)N2CCN(Cc3ccc(Cl)s3)CC2)C1. The van der Waals surface area contributed by atoms with Crippen molar-refractivity contribution in [3.63, 3.8) is 0 Å². The third-order valence-electron chi connectivity index (χ3n) is 5.48. The number of thiophene rings is 1. The normalized spacial score (nSPS) is 21.1. The first kappa shape index (κ1) is 19.5. The number of likely N-dealkylation sites (tertiary alicyclic amines) is 1. The minimum absolute atomic E-state index is 0.115. The maximum absolute atomic E-state index is 13.0. The molecule has 4 heterocycles. The van der Waals surface area contributed by atoms with Crippen LogP contribution in [0.3, 0.4) is 0 Å². The molecule has 2 aliphatic heterocycles. The minimum Gasteiger partial charge on any atom is -0.459 e. The average molecular weight is 422 g/mol. The summed E-state index contributed by atoms with van der Waals surface area (Å²) in [7, 11) is 0. The fourth-order valence-corrected chi connectivity index (χ4v) is 5.09. The number of halogens is 1. The summed E-state index contributed by atoms with van der Waals surface area (Å²) in [5, 5.41) is 0. The van der Waals surface area contributed by atoms with Crippen molar-refractivity contribution < 1.29 is 14.0 Å². The van der Waals surface area contributed by atoms with E-state index in [1.807, 2.05) is 11.0 Å². The van der Waals surface area contributed by atoms with Crippen molar-refractivity contribution in [2.45, 2.75) is 19.4 Å². The molecule has 0 N–H and O–H groups in total. The highest BCUT2D eigenvalue weighted by Gasteiger charge is 2.33. The standard InChI is InChI=1S/C20H24ClN3O3S/c21-18-6-5-16(28-18)14-22-8-10-23(11-9-22)19(25)15-3-1-7-24(13-15)20(26)17-4-2-12-27-17/h2,4-6,12,15H,1,3,7-11,13-14H2. The Morgan fingerprint density at radius 1 is 1.11 bits per heavy atom. The van der Waals surface area contributed by atoms with E-state index in [0.717, 1.165) is 49.9 Å². The number of carbonyl (C=O) groups excluding carboxylic acids is 2. The summed E-state index contributed by atoms with van der Waals surface area (Å²) in [5.41, 5.74) is 0. The Kier molecular flexibility index (Phi) is 6.04. The Hall–Kier alpha value is -1.83. The van der Waals surface area contributed by atoms with Gasteiger partial charge in [0.1, 0.15) is 0 Å². The van der Waals surface area contributed by atoms with E-state index >= 15 is 0 Å². The lowest BCUT2D eigenvalue weighted by Crippen LogP contribution is -2.52. The van der Waals surface area contributed by atoms with Gasteiger partial charge in [0.2, 0.25) is 5.91 Å². The van der Waals surface area contributed by atoms with E-state index in [1.165, 1.54) is 11.1 Å². The van der Waals surface area contributed by atoms with Crippen molar-refractivity contribution in [1.82, 2.24) is 14.7 Å². The molecule has 0 aromatic carbocycles. The zero-order valence-electron chi connectivity index (χ0n) is 15.7. The molecular weight excluding hydrogens is 398 g/mol. The number of rotatable bonds is 4. The van der Waals surface area contributed by atoms with Crippen LogP contribution in [0.5, 0.6) is 0 Å². The van der Waals surface area contributed by atoms with Gasteiger partial charge in [-0.25, -0.2) is 0 Å². The molecule has 0 saturated carbocycles. The maximum Gasteiger partial charge on any atom is 0.289 e. The van der Waals surface area contributed by atoms with Crippen LogP contribution in [0.1, 0.15) is 28.3 Å². The third-order valence-corrected chi connectivity index (χ3v) is 6.70. The average Bonchev–Trinajstić information content (AvgIpc) is 3.40. The summed E-state index contributed by atoms with van der Waals surface area (Å²) < 4.78 is 6.04. The van der Waals surface area contributed by atoms with Gasteiger partial charge in [-0.05, 0) is 37.1 Å². The molecular formula is C20H24ClN3O3S. The molecule has 0 aliphatic carbocycles. The van der Waals surface area contributed by atoms with Gasteiger partial charge < -0.3 is 14.2 Å². The predicted molar refractivity (Wildman–Crippen MR) is 109 cm³/mol. The fraction of sp³-hybridized carbons (Fsp3) is 0.500. The number of piperazine rings is 1. The van der Waals surface area contributed by atoms with Crippen LogP contribution in [0.2, 0.25) is 4.34 Å². The number of hydrogen-bond acceptors (Lipinski definition) is 5. The molecule has 6 nitrogen and oxygen atoms in total. The summed E-state index contributed by atoms with van der Waals surface area (Å²) >= 11 is 7.62. The van der Waals surface area contributed by atoms with Crippen molar-refractivity contribution in [3.05, 3.63) is 45.5 Å². The van der Waals surface area contributed by atoms with E-state index in [4.69, 9.17) is 16.0 Å². The molecule has 0 bridgehead atoms. The van der Waals surface area contributed by atoms with Gasteiger partial charge in [-0.1, -0.05) is 11.6 Å². The number of piperidine rings is 1. The second-order valence-electron chi connectivity index (χ2n) is 7.37. The molecule has 150 valence electrons. The first-order valence-corrected chi connectivity index (χ1v) is 10.9. The van der Waals surface area contributed by atoms with Crippen LogP contribution in [0.15, 0.2) is 34.9 Å². The molecule has 2 aromatic heterocycles. The Morgan fingerprint density at radius 3 is 2.61 bits per heavy atom. The first-order chi connectivity index (χ1) is 13.6. The largest absolute Gasteiger partial charge is 0.459 e. The van der Waals surface area contributed by atoms with E-state index in [0.29, 0.717) is 18.8 Å². The molecule has 0 spiro atoms. The highest BCUT2D eigenvalue weighted by molar-refractivity contribution is 7.16. The number of furan rings is 1. The van der Waals surface area contributed by atoms with Crippen molar-refractivity contribution in [2.75, 3.05) is 39.3 Å². The fourth-order valence-electron chi connectivity index (χ4n) is 3.96. The van der Waals surface area contributed by atoms with E-state index in [9.17, 15) is 9.59 Å². The van der Waals surface area contributed by atoms with Crippen LogP contribution in [-0.2, 0) is 11.3 Å². The lowest BCUT2D eigenvalue weighted by atomic mass is 9.96. The van der Waals surface area contributed by atoms with Crippen molar-refractivity contribution >= 4 is 34.8 Å². The first-order valence-electron chi connectivity index (χ1n) is 9.68. The number of carbonyl (C=O) groups is 2. The van der Waals surface area contributed by atoms with Crippen LogP contribution in [0, 0.1) is 5.92 Å². The Morgan fingerprint density at radius 2 is 1.93 bits per heavy atom. The summed E-state index contributed by atoms with van der Waals surface area (Å²) in [6, 6.07) is 7.38. The molecule has 2 aliphatic rings. The van der Waals surface area contributed by atoms with Gasteiger partial charge in [-0.3, -0.25) is 14.5 Å². The Labute approximate surface area is 173 Å². The molecule has 2 aromatic rings. The van der Waals surface area contributed by atoms with E-state index in [1.54, 1.807) is 28.4 Å². The molecule has 2 saturated heterocycles. The number of amides is 2. The van der Waals surface area contributed by atoms with Gasteiger partial charge in [0.25, 0.3) is 5.91 Å². The van der Waals surface area contributed by atoms with Crippen LogP contribution < -0.4 is 0 Å². The minimum atomic E-state index is -0.123. The lowest BCUT2D eigenvalue weighted by Gasteiger charge is -2.38. The zero-order valence-corrected chi connectivity index (χ0v) is 17.3. The van der Waals surface area contributed by atoms with Crippen LogP contribution in [-0.4, -0.2) is 65.8 Å². The summed E-state index contributed by atoms with van der Waals surface area (Å²) in [5.74, 6) is 0.281. The number of hydrogen-bond donors (Lipinski definition) is 0. The van der Waals surface area contributed by atoms with Gasteiger partial charge in [-0.15, -0.1) is 11.3 Å². The Bertz CT molecular complexity index is 815.